The molecule has 0 atom stereocenters. The van der Waals surface area contributed by atoms with E-state index in [9.17, 15) is 0 Å². The maximum atomic E-state index is 2.52. The molecule has 0 amide bonds. The number of aromatic nitrogens is 2. The molecule has 2 aromatic heterocycles. The summed E-state index contributed by atoms with van der Waals surface area (Å²) in [7, 11) is 2.13. The molecule has 142 valence electrons. The first-order valence-corrected chi connectivity index (χ1v) is 10.0. The molecule has 0 aliphatic carbocycles. The summed E-state index contributed by atoms with van der Waals surface area (Å²) in [6.07, 6.45) is 2.13. The van der Waals surface area contributed by atoms with Crippen molar-refractivity contribution in [1.82, 2.24) is 4.57 Å². The van der Waals surface area contributed by atoms with Gasteiger partial charge in [0, 0.05) is 17.8 Å². The average molecular weight is 362 g/mol. The van der Waals surface area contributed by atoms with Crippen molar-refractivity contribution < 1.29 is 4.57 Å². The van der Waals surface area contributed by atoms with Crippen molar-refractivity contribution in [3.63, 3.8) is 0 Å². The first kappa shape index (κ1) is 19.4. The topological polar surface area (TPSA) is 8.81 Å². The highest BCUT2D eigenvalue weighted by Gasteiger charge is 2.26. The standard InChI is InChI=1S/C25H33N2/c1-16(2)21-12-11-13-22(17(3)4)25(21)27-20(7)18(5)19(6)24(27)23-14-9-10-15-26(23)8/h9-17H,1-8H3/q+1. The van der Waals surface area contributed by atoms with Gasteiger partial charge in [-0.25, -0.2) is 0 Å². The molecular weight excluding hydrogens is 328 g/mol. The second kappa shape index (κ2) is 7.34. The first-order chi connectivity index (χ1) is 12.8. The summed E-state index contributed by atoms with van der Waals surface area (Å²) in [5, 5.41) is 0. The van der Waals surface area contributed by atoms with Gasteiger partial charge in [-0.15, -0.1) is 0 Å². The second-order valence-electron chi connectivity index (χ2n) is 8.31. The Hall–Kier alpha value is -2.35. The third-order valence-electron chi connectivity index (χ3n) is 5.88. The predicted molar refractivity (Wildman–Crippen MR) is 115 cm³/mol. The minimum atomic E-state index is 0.471. The summed E-state index contributed by atoms with van der Waals surface area (Å²) in [6.45, 7) is 15.9. The zero-order chi connectivity index (χ0) is 19.9. The van der Waals surface area contributed by atoms with Crippen molar-refractivity contribution in [2.45, 2.75) is 60.3 Å². The van der Waals surface area contributed by atoms with Crippen molar-refractivity contribution in [1.29, 1.82) is 0 Å². The molecule has 0 spiro atoms. The van der Waals surface area contributed by atoms with Crippen LogP contribution in [0.3, 0.4) is 0 Å². The molecule has 3 aromatic rings. The number of benzene rings is 1. The highest BCUT2D eigenvalue weighted by atomic mass is 15.0. The lowest BCUT2D eigenvalue weighted by Crippen LogP contribution is -2.31. The van der Waals surface area contributed by atoms with Gasteiger partial charge in [0.15, 0.2) is 6.20 Å². The summed E-state index contributed by atoms with van der Waals surface area (Å²) in [5.41, 5.74) is 10.8. The van der Waals surface area contributed by atoms with E-state index < -0.39 is 0 Å². The number of hydrogen-bond acceptors (Lipinski definition) is 0. The highest BCUT2D eigenvalue weighted by molar-refractivity contribution is 5.68. The van der Waals surface area contributed by atoms with Gasteiger partial charge in [-0.2, -0.15) is 4.57 Å². The smallest absolute Gasteiger partial charge is 0.229 e. The van der Waals surface area contributed by atoms with E-state index in [1.54, 1.807) is 0 Å². The third-order valence-corrected chi connectivity index (χ3v) is 5.88. The summed E-state index contributed by atoms with van der Waals surface area (Å²) in [4.78, 5) is 0. The Labute approximate surface area is 164 Å². The second-order valence-corrected chi connectivity index (χ2v) is 8.31. The van der Waals surface area contributed by atoms with E-state index in [1.807, 2.05) is 0 Å². The van der Waals surface area contributed by atoms with Crippen LogP contribution in [-0.4, -0.2) is 4.57 Å². The Morgan fingerprint density at radius 3 is 1.89 bits per heavy atom. The number of nitrogens with zero attached hydrogens (tertiary/aromatic N) is 2. The van der Waals surface area contributed by atoms with Crippen molar-refractivity contribution in [3.05, 3.63) is 70.5 Å². The molecule has 0 aliphatic heterocycles. The van der Waals surface area contributed by atoms with Crippen molar-refractivity contribution in [2.75, 3.05) is 0 Å². The van der Waals surface area contributed by atoms with E-state index in [0.29, 0.717) is 11.8 Å². The third kappa shape index (κ3) is 3.22. The van der Waals surface area contributed by atoms with E-state index in [1.165, 1.54) is 45.0 Å². The molecule has 27 heavy (non-hydrogen) atoms. The highest BCUT2D eigenvalue weighted by Crippen LogP contribution is 2.38. The van der Waals surface area contributed by atoms with Gasteiger partial charge in [0.1, 0.15) is 12.7 Å². The Morgan fingerprint density at radius 1 is 0.778 bits per heavy atom. The van der Waals surface area contributed by atoms with E-state index in [2.05, 4.69) is 107 Å². The minimum absolute atomic E-state index is 0.471. The van der Waals surface area contributed by atoms with Gasteiger partial charge in [-0.3, -0.25) is 0 Å². The van der Waals surface area contributed by atoms with Crippen LogP contribution in [0.25, 0.3) is 17.1 Å². The summed E-state index contributed by atoms with van der Waals surface area (Å²) < 4.78 is 4.75. The zero-order valence-corrected chi connectivity index (χ0v) is 18.1. The first-order valence-electron chi connectivity index (χ1n) is 10.0. The molecule has 1 aromatic carbocycles. The van der Waals surface area contributed by atoms with Crippen LogP contribution < -0.4 is 4.57 Å². The fraction of sp³-hybridized carbons (Fsp3) is 0.400. The number of aryl methyl sites for hydroxylation is 1. The van der Waals surface area contributed by atoms with Gasteiger partial charge in [-0.05, 0) is 60.9 Å². The number of rotatable bonds is 4. The Balaban J connectivity index is 2.48. The fourth-order valence-electron chi connectivity index (χ4n) is 4.08. The van der Waals surface area contributed by atoms with Gasteiger partial charge < -0.3 is 4.57 Å². The molecule has 0 saturated heterocycles. The average Bonchev–Trinajstić information content (AvgIpc) is 2.85. The van der Waals surface area contributed by atoms with Crippen LogP contribution in [0, 0.1) is 20.8 Å². The predicted octanol–water partition coefficient (Wildman–Crippen LogP) is 6.14. The molecule has 0 aliphatic rings. The molecule has 0 bridgehead atoms. The maximum Gasteiger partial charge on any atom is 0.229 e. The Bertz CT molecular complexity index is 948. The van der Waals surface area contributed by atoms with Crippen molar-refractivity contribution in [2.24, 2.45) is 7.05 Å². The molecule has 0 N–H and O–H groups in total. The molecule has 3 rings (SSSR count). The fourth-order valence-corrected chi connectivity index (χ4v) is 4.08. The van der Waals surface area contributed by atoms with Crippen LogP contribution in [0.1, 0.15) is 67.5 Å². The van der Waals surface area contributed by atoms with Gasteiger partial charge in [0.25, 0.3) is 0 Å². The normalized spacial score (nSPS) is 11.6. The number of hydrogen-bond donors (Lipinski definition) is 0. The SMILES string of the molecule is Cc1c(C)c(-c2cccc[n+]2C)n(-c2c(C(C)C)cccc2C(C)C)c1C. The van der Waals surface area contributed by atoms with Crippen molar-refractivity contribution >= 4 is 0 Å². The summed E-state index contributed by atoms with van der Waals surface area (Å²) >= 11 is 0. The lowest BCUT2D eigenvalue weighted by atomic mass is 9.92. The molecule has 0 radical (unpaired) electrons. The quantitative estimate of drug-likeness (QED) is 0.493. The van der Waals surface area contributed by atoms with E-state index in [0.717, 1.165) is 0 Å². The minimum Gasteiger partial charge on any atom is -0.308 e. The van der Waals surface area contributed by atoms with Gasteiger partial charge >= 0.3 is 0 Å². The Kier molecular flexibility index (Phi) is 5.28. The molecule has 2 heterocycles. The van der Waals surface area contributed by atoms with E-state index >= 15 is 0 Å². The summed E-state index contributed by atoms with van der Waals surface area (Å²) in [5.74, 6) is 0.942. The lowest BCUT2D eigenvalue weighted by Gasteiger charge is -2.23. The largest absolute Gasteiger partial charge is 0.308 e. The zero-order valence-electron chi connectivity index (χ0n) is 18.1. The van der Waals surface area contributed by atoms with Gasteiger partial charge in [-0.1, -0.05) is 45.9 Å². The van der Waals surface area contributed by atoms with Gasteiger partial charge in [0.2, 0.25) is 5.69 Å². The van der Waals surface area contributed by atoms with E-state index in [4.69, 9.17) is 0 Å². The lowest BCUT2D eigenvalue weighted by molar-refractivity contribution is -0.660. The Morgan fingerprint density at radius 2 is 1.37 bits per heavy atom. The van der Waals surface area contributed by atoms with Gasteiger partial charge in [0.05, 0.1) is 5.69 Å². The molecule has 0 fully saturated rings. The summed E-state index contributed by atoms with van der Waals surface area (Å²) in [6, 6.07) is 13.3. The van der Waals surface area contributed by atoms with Crippen molar-refractivity contribution in [3.8, 4) is 17.1 Å². The van der Waals surface area contributed by atoms with Crippen LogP contribution in [0.15, 0.2) is 42.6 Å². The monoisotopic (exact) mass is 361 g/mol. The molecule has 2 heteroatoms. The molecule has 0 saturated carbocycles. The van der Waals surface area contributed by atoms with Crippen LogP contribution in [-0.2, 0) is 7.05 Å². The molecular formula is C25H33N2+. The van der Waals surface area contributed by atoms with Crippen LogP contribution in [0.5, 0.6) is 0 Å². The number of para-hydroxylation sites is 1. The van der Waals surface area contributed by atoms with Crippen LogP contribution >= 0.6 is 0 Å². The van der Waals surface area contributed by atoms with E-state index in [-0.39, 0.29) is 0 Å². The molecule has 0 unspecified atom stereocenters. The van der Waals surface area contributed by atoms with Crippen LogP contribution in [0.4, 0.5) is 0 Å². The number of pyridine rings is 1. The maximum absolute atomic E-state index is 2.52. The van der Waals surface area contributed by atoms with Crippen LogP contribution in [0.2, 0.25) is 0 Å². The molecule has 2 nitrogen and oxygen atoms in total.